The Balaban J connectivity index is 1.79. The minimum atomic E-state index is -0.371. The zero-order chi connectivity index (χ0) is 13.9. The van der Waals surface area contributed by atoms with E-state index in [1.165, 1.54) is 12.1 Å². The van der Waals surface area contributed by atoms with Gasteiger partial charge in [0, 0.05) is 10.7 Å². The third-order valence-corrected chi connectivity index (χ3v) is 3.05. The summed E-state index contributed by atoms with van der Waals surface area (Å²) in [4.78, 5) is 8.81. The number of benzene rings is 2. The number of halogens is 2. The van der Waals surface area contributed by atoms with Crippen LogP contribution < -0.4 is 5.32 Å². The smallest absolute Gasteiger partial charge is 0.126 e. The maximum absolute atomic E-state index is 13.2. The molecule has 0 aliphatic rings. The Morgan fingerprint density at radius 2 is 1.90 bits per heavy atom. The summed E-state index contributed by atoms with van der Waals surface area (Å²) >= 11 is 5.80. The van der Waals surface area contributed by atoms with Gasteiger partial charge in [-0.25, -0.2) is 9.37 Å². The lowest BCUT2D eigenvalue weighted by molar-refractivity contribution is 0.628. The lowest BCUT2D eigenvalue weighted by atomic mass is 10.3. The van der Waals surface area contributed by atoms with Crippen LogP contribution in [0.1, 0.15) is 5.69 Å². The van der Waals surface area contributed by atoms with E-state index in [-0.39, 0.29) is 5.82 Å². The number of hydrogen-bond donors (Lipinski definition) is 1. The van der Waals surface area contributed by atoms with Gasteiger partial charge in [0.1, 0.15) is 5.82 Å². The van der Waals surface area contributed by atoms with Crippen LogP contribution in [-0.2, 0) is 6.54 Å². The highest BCUT2D eigenvalue weighted by molar-refractivity contribution is 6.30. The molecule has 3 nitrogen and oxygen atoms in total. The second-order valence-electron chi connectivity index (χ2n) is 4.36. The van der Waals surface area contributed by atoms with E-state index in [2.05, 4.69) is 15.3 Å². The summed E-state index contributed by atoms with van der Waals surface area (Å²) in [5.74, 6) is -0.371. The highest BCUT2D eigenvalue weighted by Crippen LogP contribution is 2.18. The van der Waals surface area contributed by atoms with E-state index in [1.54, 1.807) is 12.3 Å². The monoisotopic (exact) mass is 287 g/mol. The number of nitrogens with one attached hydrogen (secondary N) is 1. The van der Waals surface area contributed by atoms with E-state index < -0.39 is 0 Å². The first kappa shape index (κ1) is 12.8. The summed E-state index contributed by atoms with van der Waals surface area (Å²) in [7, 11) is 0. The third kappa shape index (κ3) is 2.86. The van der Waals surface area contributed by atoms with Crippen molar-refractivity contribution in [1.82, 2.24) is 9.97 Å². The summed E-state index contributed by atoms with van der Waals surface area (Å²) in [6.07, 6.45) is 1.70. The highest BCUT2D eigenvalue weighted by atomic mass is 35.5. The molecule has 5 heteroatoms. The van der Waals surface area contributed by atoms with Crippen molar-refractivity contribution in [3.8, 4) is 0 Å². The van der Waals surface area contributed by atoms with Crippen molar-refractivity contribution >= 4 is 28.3 Å². The first-order chi connectivity index (χ1) is 9.70. The second-order valence-corrected chi connectivity index (χ2v) is 4.80. The van der Waals surface area contributed by atoms with Gasteiger partial charge in [-0.3, -0.25) is 4.98 Å². The number of hydrogen-bond acceptors (Lipinski definition) is 3. The van der Waals surface area contributed by atoms with Crippen LogP contribution in [0.4, 0.5) is 10.1 Å². The average molecular weight is 288 g/mol. The van der Waals surface area contributed by atoms with E-state index in [4.69, 9.17) is 11.6 Å². The summed E-state index contributed by atoms with van der Waals surface area (Å²) in [5, 5.41) is 3.44. The molecule has 0 aliphatic heterocycles. The van der Waals surface area contributed by atoms with Crippen molar-refractivity contribution in [2.45, 2.75) is 6.54 Å². The molecule has 1 heterocycles. The van der Waals surface area contributed by atoms with Crippen LogP contribution in [0.15, 0.2) is 48.7 Å². The second kappa shape index (κ2) is 5.43. The third-order valence-electron chi connectivity index (χ3n) is 2.83. The molecule has 20 heavy (non-hydrogen) atoms. The van der Waals surface area contributed by atoms with Gasteiger partial charge in [-0.15, -0.1) is 0 Å². The van der Waals surface area contributed by atoms with E-state index in [0.717, 1.165) is 16.7 Å². The Labute approximate surface area is 120 Å². The van der Waals surface area contributed by atoms with E-state index in [0.29, 0.717) is 17.3 Å². The molecule has 0 saturated heterocycles. The Bertz CT molecular complexity index is 741. The minimum absolute atomic E-state index is 0.358. The summed E-state index contributed by atoms with van der Waals surface area (Å²) < 4.78 is 13.2. The zero-order valence-electron chi connectivity index (χ0n) is 10.5. The number of nitrogens with zero attached hydrogens (tertiary/aromatic N) is 2. The quantitative estimate of drug-likeness (QED) is 0.790. The van der Waals surface area contributed by atoms with E-state index in [9.17, 15) is 4.39 Å². The first-order valence-corrected chi connectivity index (χ1v) is 6.49. The van der Waals surface area contributed by atoms with Gasteiger partial charge in [-0.2, -0.15) is 0 Å². The van der Waals surface area contributed by atoms with Crippen LogP contribution in [0.25, 0.3) is 11.0 Å². The van der Waals surface area contributed by atoms with E-state index in [1.807, 2.05) is 24.3 Å². The number of fused-ring (bicyclic) bond motifs is 1. The molecule has 0 spiro atoms. The SMILES string of the molecule is Fc1cc(Cl)cc(NCc2cnc3ccccc3n2)c1. The van der Waals surface area contributed by atoms with E-state index >= 15 is 0 Å². The van der Waals surface area contributed by atoms with Crippen LogP contribution in [0.2, 0.25) is 5.02 Å². The molecule has 0 atom stereocenters. The fourth-order valence-electron chi connectivity index (χ4n) is 1.93. The number of aromatic nitrogens is 2. The van der Waals surface area contributed by atoms with Gasteiger partial charge in [0.25, 0.3) is 0 Å². The Morgan fingerprint density at radius 3 is 2.70 bits per heavy atom. The topological polar surface area (TPSA) is 37.8 Å². The Hall–Kier alpha value is -2.20. The fourth-order valence-corrected chi connectivity index (χ4v) is 2.15. The van der Waals surface area contributed by atoms with Gasteiger partial charge < -0.3 is 5.32 Å². The molecular weight excluding hydrogens is 277 g/mol. The molecule has 0 aliphatic carbocycles. The summed E-state index contributed by atoms with van der Waals surface area (Å²) in [6.45, 7) is 0.456. The lowest BCUT2D eigenvalue weighted by Crippen LogP contribution is -2.03. The summed E-state index contributed by atoms with van der Waals surface area (Å²) in [5.41, 5.74) is 3.09. The maximum atomic E-state index is 13.2. The summed E-state index contributed by atoms with van der Waals surface area (Å²) in [6, 6.07) is 12.0. The standard InChI is InChI=1S/C15H11ClFN3/c16-10-5-11(17)7-12(6-10)18-8-13-9-19-14-3-1-2-4-15(14)20-13/h1-7,9,18H,8H2. The van der Waals surface area contributed by atoms with Crippen molar-refractivity contribution in [2.75, 3.05) is 5.32 Å². The highest BCUT2D eigenvalue weighted by Gasteiger charge is 2.02. The van der Waals surface area contributed by atoms with Crippen molar-refractivity contribution < 1.29 is 4.39 Å². The average Bonchev–Trinajstić information content (AvgIpc) is 2.44. The van der Waals surface area contributed by atoms with Gasteiger partial charge in [0.15, 0.2) is 0 Å². The zero-order valence-corrected chi connectivity index (χ0v) is 11.2. The molecule has 0 fully saturated rings. The largest absolute Gasteiger partial charge is 0.379 e. The Morgan fingerprint density at radius 1 is 1.10 bits per heavy atom. The molecule has 100 valence electrons. The molecule has 3 aromatic rings. The number of para-hydroxylation sites is 2. The van der Waals surface area contributed by atoms with Crippen LogP contribution in [0.5, 0.6) is 0 Å². The molecule has 0 unspecified atom stereocenters. The molecular formula is C15H11ClFN3. The molecule has 3 rings (SSSR count). The molecule has 0 saturated carbocycles. The fraction of sp³-hybridized carbons (Fsp3) is 0.0667. The number of anilines is 1. The van der Waals surface area contributed by atoms with Crippen LogP contribution in [-0.4, -0.2) is 9.97 Å². The number of rotatable bonds is 3. The lowest BCUT2D eigenvalue weighted by Gasteiger charge is -2.07. The van der Waals surface area contributed by atoms with Crippen LogP contribution >= 0.6 is 11.6 Å². The van der Waals surface area contributed by atoms with Crippen molar-refractivity contribution in [3.63, 3.8) is 0 Å². The van der Waals surface area contributed by atoms with Crippen LogP contribution in [0, 0.1) is 5.82 Å². The van der Waals surface area contributed by atoms with Gasteiger partial charge >= 0.3 is 0 Å². The molecule has 1 N–H and O–H groups in total. The van der Waals surface area contributed by atoms with Crippen molar-refractivity contribution in [2.24, 2.45) is 0 Å². The molecule has 2 aromatic carbocycles. The molecule has 0 radical (unpaired) electrons. The molecule has 0 amide bonds. The van der Waals surface area contributed by atoms with Crippen molar-refractivity contribution in [3.05, 3.63) is 65.2 Å². The van der Waals surface area contributed by atoms with Gasteiger partial charge in [0.2, 0.25) is 0 Å². The maximum Gasteiger partial charge on any atom is 0.126 e. The van der Waals surface area contributed by atoms with Crippen LogP contribution in [0.3, 0.4) is 0 Å². The van der Waals surface area contributed by atoms with Gasteiger partial charge in [-0.1, -0.05) is 23.7 Å². The predicted molar refractivity (Wildman–Crippen MR) is 78.3 cm³/mol. The first-order valence-electron chi connectivity index (χ1n) is 6.11. The molecule has 1 aromatic heterocycles. The van der Waals surface area contributed by atoms with Crippen molar-refractivity contribution in [1.29, 1.82) is 0 Å². The normalized spacial score (nSPS) is 10.7. The predicted octanol–water partition coefficient (Wildman–Crippen LogP) is 4.03. The molecule has 0 bridgehead atoms. The minimum Gasteiger partial charge on any atom is -0.379 e. The van der Waals surface area contributed by atoms with Gasteiger partial charge in [-0.05, 0) is 30.3 Å². The van der Waals surface area contributed by atoms with Gasteiger partial charge in [0.05, 0.1) is 29.5 Å². The Kier molecular flexibility index (Phi) is 3.48.